The molecule has 6 heteroatoms. The first-order chi connectivity index (χ1) is 10.7. The first kappa shape index (κ1) is 13.2. The van der Waals surface area contributed by atoms with E-state index >= 15 is 0 Å². The highest BCUT2D eigenvalue weighted by Crippen LogP contribution is 2.34. The third-order valence-corrected chi connectivity index (χ3v) is 4.51. The summed E-state index contributed by atoms with van der Waals surface area (Å²) in [5, 5.41) is 9.55. The number of aliphatic carboxylic acids is 1. The quantitative estimate of drug-likeness (QED) is 0.919. The predicted molar refractivity (Wildman–Crippen MR) is 74.6 cm³/mol. The van der Waals surface area contributed by atoms with Gasteiger partial charge in [0.2, 0.25) is 0 Å². The Morgan fingerprint density at radius 2 is 2.09 bits per heavy atom. The minimum atomic E-state index is -1.06. The fraction of sp³-hybridized carbons (Fsp3) is 0.375. The summed E-state index contributed by atoms with van der Waals surface area (Å²) < 4.78 is 10.7. The van der Waals surface area contributed by atoms with Crippen molar-refractivity contribution in [3.8, 4) is 0 Å². The maximum Gasteiger partial charge on any atom is 0.331 e. The van der Waals surface area contributed by atoms with Crippen LogP contribution >= 0.6 is 0 Å². The number of fused-ring (bicyclic) bond motifs is 2. The van der Waals surface area contributed by atoms with Gasteiger partial charge in [-0.3, -0.25) is 4.79 Å². The zero-order chi connectivity index (χ0) is 15.3. The largest absolute Gasteiger partial charge is 0.479 e. The molecule has 1 amide bonds. The molecule has 2 aliphatic rings. The van der Waals surface area contributed by atoms with Crippen molar-refractivity contribution in [2.24, 2.45) is 0 Å². The lowest BCUT2D eigenvalue weighted by Crippen LogP contribution is -2.43. The lowest BCUT2D eigenvalue weighted by Gasteiger charge is -2.31. The Labute approximate surface area is 126 Å². The standard InChI is InChI=1S/C16H15NO5/c18-15(14-10-3-1-2-9(10)8-22-14)17-6-4-12-11(5-7-21-12)13(17)16(19)20/h5,7-8,13H,1-4,6H2,(H,19,20). The summed E-state index contributed by atoms with van der Waals surface area (Å²) in [6, 6.07) is 0.609. The highest BCUT2D eigenvalue weighted by molar-refractivity contribution is 5.96. The molecule has 0 fully saturated rings. The molecule has 1 unspecified atom stereocenters. The van der Waals surface area contributed by atoms with Crippen molar-refractivity contribution in [3.63, 3.8) is 0 Å². The Kier molecular flexibility index (Phi) is 2.85. The molecule has 0 radical (unpaired) electrons. The summed E-state index contributed by atoms with van der Waals surface area (Å²) in [6.45, 7) is 0.311. The molecule has 0 saturated carbocycles. The summed E-state index contributed by atoms with van der Waals surface area (Å²) in [6.07, 6.45) is 6.35. The number of hydrogen-bond donors (Lipinski definition) is 1. The molecule has 6 nitrogen and oxygen atoms in total. The number of amides is 1. The Morgan fingerprint density at radius 1 is 1.23 bits per heavy atom. The monoisotopic (exact) mass is 301 g/mol. The molecule has 22 heavy (non-hydrogen) atoms. The molecule has 0 bridgehead atoms. The van der Waals surface area contributed by atoms with Crippen molar-refractivity contribution in [2.45, 2.75) is 31.7 Å². The van der Waals surface area contributed by atoms with Crippen LogP contribution in [0.25, 0.3) is 0 Å². The molecule has 1 N–H and O–H groups in total. The molecule has 2 aromatic rings. The number of carboxylic acids is 1. The van der Waals surface area contributed by atoms with Gasteiger partial charge in [-0.2, -0.15) is 0 Å². The number of carboxylic acid groups (broad SMARTS) is 1. The van der Waals surface area contributed by atoms with Gasteiger partial charge in [-0.05, 0) is 30.9 Å². The minimum Gasteiger partial charge on any atom is -0.479 e. The first-order valence-corrected chi connectivity index (χ1v) is 7.36. The van der Waals surface area contributed by atoms with Gasteiger partial charge in [0.1, 0.15) is 5.76 Å². The Hall–Kier alpha value is -2.50. The number of hydrogen-bond acceptors (Lipinski definition) is 4. The highest BCUT2D eigenvalue weighted by atomic mass is 16.4. The second-order valence-electron chi connectivity index (χ2n) is 5.71. The molecule has 0 saturated heterocycles. The van der Waals surface area contributed by atoms with Crippen LogP contribution in [0.2, 0.25) is 0 Å². The SMILES string of the molecule is O=C(O)C1c2ccoc2CCN1C(=O)c1occ2c1CCC2. The van der Waals surface area contributed by atoms with Crippen LogP contribution in [0.4, 0.5) is 0 Å². The molecular weight excluding hydrogens is 286 g/mol. The van der Waals surface area contributed by atoms with Gasteiger partial charge in [0.15, 0.2) is 11.8 Å². The number of furan rings is 2. The lowest BCUT2D eigenvalue weighted by molar-refractivity contribution is -0.143. The van der Waals surface area contributed by atoms with E-state index in [1.54, 1.807) is 12.3 Å². The van der Waals surface area contributed by atoms with Gasteiger partial charge in [0.25, 0.3) is 5.91 Å². The van der Waals surface area contributed by atoms with Crippen molar-refractivity contribution in [1.82, 2.24) is 4.90 Å². The number of carbonyl (C=O) groups excluding carboxylic acids is 1. The van der Waals surface area contributed by atoms with Crippen LogP contribution in [0.5, 0.6) is 0 Å². The van der Waals surface area contributed by atoms with Crippen molar-refractivity contribution in [3.05, 3.63) is 46.8 Å². The minimum absolute atomic E-state index is 0.297. The van der Waals surface area contributed by atoms with E-state index < -0.39 is 12.0 Å². The fourth-order valence-electron chi connectivity index (χ4n) is 3.47. The van der Waals surface area contributed by atoms with Crippen LogP contribution in [0.15, 0.2) is 27.4 Å². The Bertz CT molecular complexity index is 756. The van der Waals surface area contributed by atoms with Gasteiger partial charge in [-0.15, -0.1) is 0 Å². The first-order valence-electron chi connectivity index (χ1n) is 7.36. The molecule has 2 aromatic heterocycles. The van der Waals surface area contributed by atoms with Crippen LogP contribution < -0.4 is 0 Å². The van der Waals surface area contributed by atoms with Crippen LogP contribution in [0, 0.1) is 0 Å². The second-order valence-corrected chi connectivity index (χ2v) is 5.71. The molecule has 3 heterocycles. The molecule has 1 atom stereocenters. The zero-order valence-electron chi connectivity index (χ0n) is 11.9. The normalized spacial score (nSPS) is 19.8. The summed E-state index contributed by atoms with van der Waals surface area (Å²) in [7, 11) is 0. The van der Waals surface area contributed by atoms with E-state index in [1.807, 2.05) is 0 Å². The average molecular weight is 301 g/mol. The van der Waals surface area contributed by atoms with Gasteiger partial charge >= 0.3 is 5.97 Å². The lowest BCUT2D eigenvalue weighted by atomic mass is 9.98. The number of aryl methyl sites for hydroxylation is 1. The van der Waals surface area contributed by atoms with E-state index in [0.717, 1.165) is 30.4 Å². The van der Waals surface area contributed by atoms with Gasteiger partial charge in [0.05, 0.1) is 12.5 Å². The van der Waals surface area contributed by atoms with Crippen LogP contribution in [-0.2, 0) is 24.1 Å². The third kappa shape index (κ3) is 1.80. The van der Waals surface area contributed by atoms with Crippen molar-refractivity contribution < 1.29 is 23.5 Å². The highest BCUT2D eigenvalue weighted by Gasteiger charge is 2.40. The van der Waals surface area contributed by atoms with E-state index in [0.29, 0.717) is 30.0 Å². The van der Waals surface area contributed by atoms with Crippen molar-refractivity contribution in [2.75, 3.05) is 6.54 Å². The average Bonchev–Trinajstić information content (AvgIpc) is 3.20. The molecular formula is C16H15NO5. The van der Waals surface area contributed by atoms with Gasteiger partial charge in [-0.25, -0.2) is 4.79 Å². The van der Waals surface area contributed by atoms with E-state index in [2.05, 4.69) is 0 Å². The van der Waals surface area contributed by atoms with Crippen LogP contribution in [0.1, 0.15) is 45.5 Å². The molecule has 1 aliphatic carbocycles. The van der Waals surface area contributed by atoms with E-state index in [-0.39, 0.29) is 5.91 Å². The Balaban J connectivity index is 1.72. The maximum atomic E-state index is 12.8. The van der Waals surface area contributed by atoms with Crippen LogP contribution in [-0.4, -0.2) is 28.4 Å². The van der Waals surface area contributed by atoms with Gasteiger partial charge in [0, 0.05) is 24.1 Å². The summed E-state index contributed by atoms with van der Waals surface area (Å²) in [5.41, 5.74) is 2.55. The summed E-state index contributed by atoms with van der Waals surface area (Å²) in [5.74, 6) is -0.465. The number of nitrogens with zero attached hydrogens (tertiary/aromatic N) is 1. The summed E-state index contributed by atoms with van der Waals surface area (Å²) >= 11 is 0. The number of rotatable bonds is 2. The molecule has 0 aromatic carbocycles. The van der Waals surface area contributed by atoms with Crippen molar-refractivity contribution >= 4 is 11.9 Å². The zero-order valence-corrected chi connectivity index (χ0v) is 11.9. The summed E-state index contributed by atoms with van der Waals surface area (Å²) in [4.78, 5) is 25.8. The topological polar surface area (TPSA) is 83.9 Å². The van der Waals surface area contributed by atoms with Gasteiger partial charge < -0.3 is 18.8 Å². The fourth-order valence-corrected chi connectivity index (χ4v) is 3.47. The third-order valence-electron chi connectivity index (χ3n) is 4.51. The predicted octanol–water partition coefficient (Wildman–Crippen LogP) is 2.19. The van der Waals surface area contributed by atoms with E-state index in [9.17, 15) is 14.7 Å². The molecule has 114 valence electrons. The van der Waals surface area contributed by atoms with Crippen molar-refractivity contribution in [1.29, 1.82) is 0 Å². The maximum absolute atomic E-state index is 12.8. The molecule has 0 spiro atoms. The molecule has 4 rings (SSSR count). The van der Waals surface area contributed by atoms with Crippen LogP contribution in [0.3, 0.4) is 0 Å². The number of carbonyl (C=O) groups is 2. The van der Waals surface area contributed by atoms with E-state index in [1.165, 1.54) is 11.2 Å². The molecule has 1 aliphatic heterocycles. The van der Waals surface area contributed by atoms with E-state index in [4.69, 9.17) is 8.83 Å². The smallest absolute Gasteiger partial charge is 0.331 e. The second kappa shape index (κ2) is 4.76. The van der Waals surface area contributed by atoms with Gasteiger partial charge in [-0.1, -0.05) is 0 Å². The Morgan fingerprint density at radius 3 is 2.91 bits per heavy atom.